The van der Waals surface area contributed by atoms with E-state index in [0.29, 0.717) is 13.1 Å². The number of hydrogen-bond acceptors (Lipinski definition) is 3. The molecule has 2 fully saturated rings. The molecule has 0 aromatic heterocycles. The topological polar surface area (TPSA) is 57.7 Å². The minimum atomic E-state index is -3.78. The Morgan fingerprint density at radius 3 is 2.58 bits per heavy atom. The Balaban J connectivity index is 1.41. The van der Waals surface area contributed by atoms with Crippen molar-refractivity contribution in [3.63, 3.8) is 0 Å². The van der Waals surface area contributed by atoms with E-state index >= 15 is 0 Å². The number of amides is 1. The second kappa shape index (κ2) is 6.16. The molecule has 1 spiro atoms. The van der Waals surface area contributed by atoms with Gasteiger partial charge in [0.1, 0.15) is 10.7 Å². The highest BCUT2D eigenvalue weighted by Gasteiger charge is 2.57. The summed E-state index contributed by atoms with van der Waals surface area (Å²) in [5.41, 5.74) is -0.0565. The molecule has 1 aromatic carbocycles. The molecule has 1 saturated carbocycles. The fraction of sp³-hybridized carbons (Fsp3) is 0.526. The molecule has 1 saturated heterocycles. The zero-order valence-corrected chi connectivity index (χ0v) is 15.6. The number of carbonyl (C=O) groups excluding carboxylic acids is 1. The maximum Gasteiger partial charge on any atom is 0.246 e. The Bertz CT molecular complexity index is 853. The van der Waals surface area contributed by atoms with Gasteiger partial charge in [0.15, 0.2) is 0 Å². The predicted octanol–water partition coefficient (Wildman–Crippen LogP) is 2.55. The molecule has 140 valence electrons. The maximum atomic E-state index is 13.9. The number of allylic oxidation sites excluding steroid dienone is 1. The quantitative estimate of drug-likeness (QED) is 0.812. The van der Waals surface area contributed by atoms with Crippen LogP contribution in [-0.4, -0.2) is 48.7 Å². The van der Waals surface area contributed by atoms with Crippen LogP contribution >= 0.6 is 0 Å². The molecule has 2 aliphatic heterocycles. The standard InChI is InChI=1S/C19H23FN2O3S/c1-14-6-2-5-9-18(23)22(14)15-10-19(11-15)12-21(13-19)26(24,25)17-8-4-3-7-16(17)20/h3-5,7-9,14-15H,2,6,10-13H2,1H3. The molecule has 7 heteroatoms. The van der Waals surface area contributed by atoms with Gasteiger partial charge < -0.3 is 4.90 Å². The summed E-state index contributed by atoms with van der Waals surface area (Å²) in [5, 5.41) is 0. The van der Waals surface area contributed by atoms with Crippen molar-refractivity contribution in [1.82, 2.24) is 9.21 Å². The van der Waals surface area contributed by atoms with Crippen LogP contribution < -0.4 is 0 Å². The largest absolute Gasteiger partial charge is 0.333 e. The first-order valence-electron chi connectivity index (χ1n) is 9.06. The van der Waals surface area contributed by atoms with Crippen LogP contribution in [0.5, 0.6) is 0 Å². The number of nitrogens with zero attached hydrogens (tertiary/aromatic N) is 2. The lowest BCUT2D eigenvalue weighted by Gasteiger charge is -2.60. The molecule has 3 aliphatic rings. The van der Waals surface area contributed by atoms with Gasteiger partial charge in [0, 0.05) is 30.6 Å². The first-order valence-corrected chi connectivity index (χ1v) is 10.5. The van der Waals surface area contributed by atoms with Crippen molar-refractivity contribution in [3.8, 4) is 0 Å². The molecule has 0 bridgehead atoms. The monoisotopic (exact) mass is 378 g/mol. The average molecular weight is 378 g/mol. The zero-order valence-electron chi connectivity index (χ0n) is 14.8. The molecule has 1 aromatic rings. The molecule has 1 atom stereocenters. The van der Waals surface area contributed by atoms with Gasteiger partial charge in [-0.3, -0.25) is 4.79 Å². The average Bonchev–Trinajstić information content (AvgIpc) is 2.67. The van der Waals surface area contributed by atoms with Crippen LogP contribution in [0.3, 0.4) is 0 Å². The zero-order chi connectivity index (χ0) is 18.5. The second-order valence-electron chi connectivity index (χ2n) is 7.84. The van der Waals surface area contributed by atoms with Crippen molar-refractivity contribution in [2.45, 2.75) is 49.6 Å². The number of hydrogen-bond donors (Lipinski definition) is 0. The van der Waals surface area contributed by atoms with Gasteiger partial charge in [0.2, 0.25) is 15.9 Å². The van der Waals surface area contributed by atoms with E-state index in [4.69, 9.17) is 0 Å². The molecule has 4 rings (SSSR count). The van der Waals surface area contributed by atoms with E-state index in [0.717, 1.165) is 25.7 Å². The number of halogens is 1. The Kier molecular flexibility index (Phi) is 4.19. The third kappa shape index (κ3) is 2.77. The van der Waals surface area contributed by atoms with Crippen molar-refractivity contribution >= 4 is 15.9 Å². The molecule has 5 nitrogen and oxygen atoms in total. The fourth-order valence-corrected chi connectivity index (χ4v) is 6.29. The van der Waals surface area contributed by atoms with Gasteiger partial charge in [0.05, 0.1) is 0 Å². The van der Waals surface area contributed by atoms with Crippen LogP contribution in [0.1, 0.15) is 32.6 Å². The Morgan fingerprint density at radius 2 is 1.88 bits per heavy atom. The van der Waals surface area contributed by atoms with Gasteiger partial charge in [-0.2, -0.15) is 4.31 Å². The van der Waals surface area contributed by atoms with Gasteiger partial charge in [-0.1, -0.05) is 18.2 Å². The third-order valence-electron chi connectivity index (χ3n) is 5.95. The van der Waals surface area contributed by atoms with Gasteiger partial charge >= 0.3 is 0 Å². The molecule has 1 amide bonds. The van der Waals surface area contributed by atoms with Crippen molar-refractivity contribution < 1.29 is 17.6 Å². The summed E-state index contributed by atoms with van der Waals surface area (Å²) >= 11 is 0. The van der Waals surface area contributed by atoms with Crippen molar-refractivity contribution in [2.24, 2.45) is 5.41 Å². The van der Waals surface area contributed by atoms with E-state index in [-0.39, 0.29) is 28.3 Å². The van der Waals surface area contributed by atoms with Gasteiger partial charge in [-0.05, 0) is 50.8 Å². The summed E-state index contributed by atoms with van der Waals surface area (Å²) in [6, 6.07) is 5.88. The molecule has 26 heavy (non-hydrogen) atoms. The maximum absolute atomic E-state index is 13.9. The number of benzene rings is 1. The van der Waals surface area contributed by atoms with Gasteiger partial charge in [0.25, 0.3) is 0 Å². The summed E-state index contributed by atoms with van der Waals surface area (Å²) in [6.07, 6.45) is 7.10. The van der Waals surface area contributed by atoms with E-state index in [1.54, 1.807) is 6.08 Å². The molecular weight excluding hydrogens is 355 g/mol. The van der Waals surface area contributed by atoms with E-state index in [9.17, 15) is 17.6 Å². The first-order chi connectivity index (χ1) is 12.3. The highest BCUT2D eigenvalue weighted by atomic mass is 32.2. The highest BCUT2D eigenvalue weighted by molar-refractivity contribution is 7.89. The SMILES string of the molecule is CC1CCC=CC(=O)N1C1CC2(C1)CN(S(=O)(=O)c1ccccc1F)C2. The lowest BCUT2D eigenvalue weighted by molar-refractivity contribution is -0.142. The molecule has 0 radical (unpaired) electrons. The number of rotatable bonds is 3. The van der Waals surface area contributed by atoms with Crippen LogP contribution in [0.2, 0.25) is 0 Å². The number of carbonyl (C=O) groups is 1. The first kappa shape index (κ1) is 17.7. The van der Waals surface area contributed by atoms with Crippen LogP contribution in [0.25, 0.3) is 0 Å². The lowest BCUT2D eigenvalue weighted by Crippen LogP contribution is -2.68. The minimum Gasteiger partial charge on any atom is -0.333 e. The Hall–Kier alpha value is -1.73. The van der Waals surface area contributed by atoms with E-state index in [1.165, 1.54) is 28.6 Å². The summed E-state index contributed by atoms with van der Waals surface area (Å²) < 4.78 is 40.4. The molecule has 2 heterocycles. The molecular formula is C19H23FN2O3S. The van der Waals surface area contributed by atoms with Crippen LogP contribution in [0.15, 0.2) is 41.3 Å². The second-order valence-corrected chi connectivity index (χ2v) is 9.75. The predicted molar refractivity (Wildman–Crippen MR) is 95.3 cm³/mol. The van der Waals surface area contributed by atoms with Crippen LogP contribution in [0.4, 0.5) is 4.39 Å². The van der Waals surface area contributed by atoms with E-state index < -0.39 is 15.8 Å². The Labute approximate surface area is 153 Å². The minimum absolute atomic E-state index is 0.0565. The highest BCUT2D eigenvalue weighted by Crippen LogP contribution is 2.52. The van der Waals surface area contributed by atoms with Gasteiger partial charge in [-0.25, -0.2) is 12.8 Å². The third-order valence-corrected chi connectivity index (χ3v) is 7.77. The Morgan fingerprint density at radius 1 is 1.19 bits per heavy atom. The summed E-state index contributed by atoms with van der Waals surface area (Å²) in [6.45, 7) is 2.89. The lowest BCUT2D eigenvalue weighted by atomic mass is 9.61. The van der Waals surface area contributed by atoms with Crippen molar-refractivity contribution in [3.05, 3.63) is 42.2 Å². The van der Waals surface area contributed by atoms with Crippen molar-refractivity contribution in [2.75, 3.05) is 13.1 Å². The summed E-state index contributed by atoms with van der Waals surface area (Å²) in [7, 11) is -3.78. The van der Waals surface area contributed by atoms with Gasteiger partial charge in [-0.15, -0.1) is 0 Å². The molecule has 1 aliphatic carbocycles. The van der Waals surface area contributed by atoms with Crippen LogP contribution in [-0.2, 0) is 14.8 Å². The van der Waals surface area contributed by atoms with E-state index in [2.05, 4.69) is 6.92 Å². The number of sulfonamides is 1. The van der Waals surface area contributed by atoms with E-state index in [1.807, 2.05) is 11.0 Å². The van der Waals surface area contributed by atoms with Crippen molar-refractivity contribution in [1.29, 1.82) is 0 Å². The fourth-order valence-electron chi connectivity index (χ4n) is 4.56. The normalized spacial score (nSPS) is 26.5. The summed E-state index contributed by atoms with van der Waals surface area (Å²) in [4.78, 5) is 14.0. The smallest absolute Gasteiger partial charge is 0.246 e. The molecule has 1 unspecified atom stereocenters. The molecule has 0 N–H and O–H groups in total. The van der Waals surface area contributed by atoms with Crippen LogP contribution in [0, 0.1) is 11.2 Å². The summed E-state index contributed by atoms with van der Waals surface area (Å²) in [5.74, 6) is -0.652.